The number of hydrogen-bond acceptors (Lipinski definition) is 3. The van der Waals surface area contributed by atoms with Crippen LogP contribution in [-0.2, 0) is 9.59 Å². The largest absolute Gasteiger partial charge is 0.480 e. The minimum Gasteiger partial charge on any atom is -0.480 e. The minimum absolute atomic E-state index is 0.00308. The maximum atomic E-state index is 11.7. The van der Waals surface area contributed by atoms with Crippen LogP contribution in [0.3, 0.4) is 0 Å². The molecular formula is C13H23N3O4. The van der Waals surface area contributed by atoms with Crippen LogP contribution >= 0.6 is 0 Å². The zero-order valence-electron chi connectivity index (χ0n) is 12.1. The highest BCUT2D eigenvalue weighted by Crippen LogP contribution is 2.32. The Morgan fingerprint density at radius 3 is 2.20 bits per heavy atom. The predicted octanol–water partition coefficient (Wildman–Crippen LogP) is 0.310. The summed E-state index contributed by atoms with van der Waals surface area (Å²) in [5.74, 6) is -0.999. The molecule has 1 aliphatic rings. The van der Waals surface area contributed by atoms with Crippen molar-refractivity contribution in [2.75, 3.05) is 6.54 Å². The number of aliphatic carboxylic acids is 1. The van der Waals surface area contributed by atoms with Crippen molar-refractivity contribution in [2.24, 2.45) is 11.8 Å². The van der Waals surface area contributed by atoms with Crippen LogP contribution < -0.4 is 16.0 Å². The van der Waals surface area contributed by atoms with E-state index in [-0.39, 0.29) is 11.8 Å². The summed E-state index contributed by atoms with van der Waals surface area (Å²) in [7, 11) is 0. The molecular weight excluding hydrogens is 262 g/mol. The van der Waals surface area contributed by atoms with Crippen molar-refractivity contribution in [3.63, 3.8) is 0 Å². The molecule has 0 aliphatic heterocycles. The number of carboxylic acids is 1. The Kier molecular flexibility index (Phi) is 5.79. The molecule has 0 aromatic carbocycles. The molecule has 114 valence electrons. The van der Waals surface area contributed by atoms with E-state index in [2.05, 4.69) is 16.0 Å². The van der Waals surface area contributed by atoms with Gasteiger partial charge in [0.15, 0.2) is 0 Å². The van der Waals surface area contributed by atoms with Crippen molar-refractivity contribution in [2.45, 2.75) is 45.7 Å². The summed E-state index contributed by atoms with van der Waals surface area (Å²) in [6.07, 6.45) is 1.61. The SMILES string of the molecule is CC(C)CNC(=O)C(C)NC(=O)NC(C(=O)O)C1CC1. The Morgan fingerprint density at radius 2 is 1.75 bits per heavy atom. The topological polar surface area (TPSA) is 108 Å². The highest BCUT2D eigenvalue weighted by Gasteiger charge is 2.37. The van der Waals surface area contributed by atoms with E-state index in [1.807, 2.05) is 13.8 Å². The molecule has 20 heavy (non-hydrogen) atoms. The first-order valence-electron chi connectivity index (χ1n) is 6.88. The number of carboxylic acid groups (broad SMARTS) is 1. The van der Waals surface area contributed by atoms with Gasteiger partial charge in [-0.15, -0.1) is 0 Å². The number of amides is 3. The molecule has 3 amide bonds. The van der Waals surface area contributed by atoms with Gasteiger partial charge in [0.05, 0.1) is 0 Å². The van der Waals surface area contributed by atoms with E-state index >= 15 is 0 Å². The average molecular weight is 285 g/mol. The maximum Gasteiger partial charge on any atom is 0.326 e. The van der Waals surface area contributed by atoms with Crippen LogP contribution in [0.5, 0.6) is 0 Å². The smallest absolute Gasteiger partial charge is 0.326 e. The average Bonchev–Trinajstić information content (AvgIpc) is 3.16. The molecule has 0 bridgehead atoms. The lowest BCUT2D eigenvalue weighted by molar-refractivity contribution is -0.139. The Hall–Kier alpha value is -1.79. The molecule has 7 heteroatoms. The van der Waals surface area contributed by atoms with Crippen LogP contribution in [0, 0.1) is 11.8 Å². The van der Waals surface area contributed by atoms with Crippen molar-refractivity contribution in [3.8, 4) is 0 Å². The quantitative estimate of drug-likeness (QED) is 0.540. The van der Waals surface area contributed by atoms with Gasteiger partial charge in [0.1, 0.15) is 12.1 Å². The van der Waals surface area contributed by atoms with Gasteiger partial charge < -0.3 is 21.1 Å². The van der Waals surface area contributed by atoms with Gasteiger partial charge in [0, 0.05) is 6.54 Å². The van der Waals surface area contributed by atoms with Gasteiger partial charge in [0.25, 0.3) is 0 Å². The second-order valence-corrected chi connectivity index (χ2v) is 5.63. The molecule has 0 aromatic heterocycles. The number of hydrogen-bond donors (Lipinski definition) is 4. The van der Waals surface area contributed by atoms with Crippen LogP contribution in [0.25, 0.3) is 0 Å². The lowest BCUT2D eigenvalue weighted by Crippen LogP contribution is -2.53. The van der Waals surface area contributed by atoms with Crippen LogP contribution in [0.15, 0.2) is 0 Å². The van der Waals surface area contributed by atoms with E-state index in [0.717, 1.165) is 12.8 Å². The molecule has 4 N–H and O–H groups in total. The van der Waals surface area contributed by atoms with E-state index in [0.29, 0.717) is 12.5 Å². The zero-order valence-corrected chi connectivity index (χ0v) is 12.1. The molecule has 0 heterocycles. The third kappa shape index (κ3) is 5.46. The number of carbonyl (C=O) groups excluding carboxylic acids is 2. The second kappa shape index (κ2) is 7.12. The summed E-state index contributed by atoms with van der Waals surface area (Å²) in [5.41, 5.74) is 0. The summed E-state index contributed by atoms with van der Waals surface area (Å²) < 4.78 is 0. The third-order valence-electron chi connectivity index (χ3n) is 3.07. The van der Waals surface area contributed by atoms with Gasteiger partial charge in [-0.1, -0.05) is 13.8 Å². The van der Waals surface area contributed by atoms with Gasteiger partial charge in [-0.2, -0.15) is 0 Å². The number of urea groups is 1. The first kappa shape index (κ1) is 16.3. The minimum atomic E-state index is -1.04. The van der Waals surface area contributed by atoms with Crippen molar-refractivity contribution >= 4 is 17.9 Å². The monoisotopic (exact) mass is 285 g/mol. The first-order valence-corrected chi connectivity index (χ1v) is 6.88. The standard InChI is InChI=1S/C13H23N3O4/c1-7(2)6-14-11(17)8(3)15-13(20)16-10(12(18)19)9-4-5-9/h7-10H,4-6H2,1-3H3,(H,14,17)(H,18,19)(H2,15,16,20). The Labute approximate surface area is 118 Å². The lowest BCUT2D eigenvalue weighted by atomic mass is 10.2. The fourth-order valence-electron chi connectivity index (χ4n) is 1.71. The van der Waals surface area contributed by atoms with E-state index in [1.54, 1.807) is 6.92 Å². The van der Waals surface area contributed by atoms with Crippen LogP contribution in [0.2, 0.25) is 0 Å². The lowest BCUT2D eigenvalue weighted by Gasteiger charge is -2.18. The molecule has 1 saturated carbocycles. The van der Waals surface area contributed by atoms with Crippen LogP contribution in [-0.4, -0.2) is 41.6 Å². The summed E-state index contributed by atoms with van der Waals surface area (Å²) in [6, 6.07) is -2.21. The van der Waals surface area contributed by atoms with Crippen molar-refractivity contribution in [1.29, 1.82) is 0 Å². The number of rotatable bonds is 7. The molecule has 1 rings (SSSR count). The molecule has 0 aromatic rings. The third-order valence-corrected chi connectivity index (χ3v) is 3.07. The van der Waals surface area contributed by atoms with Crippen LogP contribution in [0.1, 0.15) is 33.6 Å². The highest BCUT2D eigenvalue weighted by molar-refractivity contribution is 5.88. The van der Waals surface area contributed by atoms with E-state index in [9.17, 15) is 14.4 Å². The molecule has 1 aliphatic carbocycles. The zero-order chi connectivity index (χ0) is 15.3. The van der Waals surface area contributed by atoms with Gasteiger partial charge in [0.2, 0.25) is 5.91 Å². The van der Waals surface area contributed by atoms with E-state index in [4.69, 9.17) is 5.11 Å². The first-order chi connectivity index (χ1) is 9.31. The van der Waals surface area contributed by atoms with Crippen molar-refractivity contribution in [3.05, 3.63) is 0 Å². The summed E-state index contributed by atoms with van der Waals surface area (Å²) in [4.78, 5) is 34.3. The molecule has 2 unspecified atom stereocenters. The molecule has 1 fully saturated rings. The molecule has 0 spiro atoms. The van der Waals surface area contributed by atoms with E-state index < -0.39 is 24.1 Å². The van der Waals surface area contributed by atoms with Gasteiger partial charge in [-0.05, 0) is 31.6 Å². The van der Waals surface area contributed by atoms with E-state index in [1.165, 1.54) is 0 Å². The highest BCUT2D eigenvalue weighted by atomic mass is 16.4. The van der Waals surface area contributed by atoms with Gasteiger partial charge in [-0.3, -0.25) is 4.79 Å². The normalized spacial score (nSPS) is 17.2. The molecule has 0 radical (unpaired) electrons. The molecule has 2 atom stereocenters. The molecule has 7 nitrogen and oxygen atoms in total. The van der Waals surface area contributed by atoms with Crippen molar-refractivity contribution in [1.82, 2.24) is 16.0 Å². The fraction of sp³-hybridized carbons (Fsp3) is 0.769. The summed E-state index contributed by atoms with van der Waals surface area (Å²) >= 11 is 0. The predicted molar refractivity (Wildman–Crippen MR) is 73.1 cm³/mol. The van der Waals surface area contributed by atoms with Crippen molar-refractivity contribution < 1.29 is 19.5 Å². The van der Waals surface area contributed by atoms with Gasteiger partial charge in [-0.25, -0.2) is 9.59 Å². The second-order valence-electron chi connectivity index (χ2n) is 5.63. The van der Waals surface area contributed by atoms with Gasteiger partial charge >= 0.3 is 12.0 Å². The Bertz CT molecular complexity index is 380. The number of nitrogens with one attached hydrogen (secondary N) is 3. The van der Waals surface area contributed by atoms with Crippen LogP contribution in [0.4, 0.5) is 4.79 Å². The fourth-order valence-corrected chi connectivity index (χ4v) is 1.71. The Morgan fingerprint density at radius 1 is 1.15 bits per heavy atom. The summed E-state index contributed by atoms with van der Waals surface area (Å²) in [5, 5.41) is 16.5. The Balaban J connectivity index is 2.36. The number of carbonyl (C=O) groups is 3. The summed E-state index contributed by atoms with van der Waals surface area (Å²) in [6.45, 7) is 6.03. The molecule has 0 saturated heterocycles. The maximum absolute atomic E-state index is 11.7.